The van der Waals surface area contributed by atoms with Crippen LogP contribution in [0.4, 0.5) is 5.82 Å². The van der Waals surface area contributed by atoms with Crippen LogP contribution in [0.25, 0.3) is 0 Å². The second-order valence-corrected chi connectivity index (χ2v) is 8.96. The molecule has 2 aliphatic heterocycles. The molecule has 3 aromatic rings. The lowest BCUT2D eigenvalue weighted by Crippen LogP contribution is -2.52. The van der Waals surface area contributed by atoms with Crippen molar-refractivity contribution < 1.29 is 9.53 Å². The van der Waals surface area contributed by atoms with Gasteiger partial charge in [-0.3, -0.25) is 9.69 Å². The van der Waals surface area contributed by atoms with Crippen molar-refractivity contribution in [3.05, 3.63) is 88.8 Å². The number of aromatic nitrogens is 2. The minimum absolute atomic E-state index is 0.0710. The Morgan fingerprint density at radius 1 is 1.03 bits per heavy atom. The molecule has 1 aromatic heterocycles. The molecule has 2 aromatic carbocycles. The molecular formula is C25H25ClN4O2. The van der Waals surface area contributed by atoms with Gasteiger partial charge >= 0.3 is 5.97 Å². The second-order valence-electron chi connectivity index (χ2n) is 8.60. The van der Waals surface area contributed by atoms with Crippen LogP contribution in [0.3, 0.4) is 0 Å². The fourth-order valence-corrected chi connectivity index (χ4v) is 6.17. The van der Waals surface area contributed by atoms with Crippen LogP contribution in [0.2, 0.25) is 5.15 Å². The number of ether oxygens (including phenoxy) is 1. The first-order chi connectivity index (χ1) is 15.5. The summed E-state index contributed by atoms with van der Waals surface area (Å²) >= 11 is 6.68. The molecule has 0 N–H and O–H groups in total. The zero-order valence-electron chi connectivity index (χ0n) is 18.3. The molecule has 32 heavy (non-hydrogen) atoms. The van der Waals surface area contributed by atoms with Crippen LogP contribution < -0.4 is 4.90 Å². The number of hydrogen-bond acceptors (Lipinski definition) is 6. The zero-order valence-corrected chi connectivity index (χ0v) is 19.0. The van der Waals surface area contributed by atoms with Crippen LogP contribution in [0.1, 0.15) is 34.7 Å². The Morgan fingerprint density at radius 2 is 1.66 bits per heavy atom. The predicted octanol–water partition coefficient (Wildman–Crippen LogP) is 4.25. The van der Waals surface area contributed by atoms with Gasteiger partial charge in [0.05, 0.1) is 18.7 Å². The summed E-state index contributed by atoms with van der Waals surface area (Å²) in [5, 5.41) is 0.368. The molecule has 0 aliphatic carbocycles. The van der Waals surface area contributed by atoms with E-state index in [9.17, 15) is 4.79 Å². The van der Waals surface area contributed by atoms with Crippen LogP contribution in [0, 0.1) is 5.41 Å². The van der Waals surface area contributed by atoms with Gasteiger partial charge in [-0.2, -0.15) is 0 Å². The average Bonchev–Trinajstić information content (AvgIpc) is 3.09. The Bertz CT molecular complexity index is 1140. The highest BCUT2D eigenvalue weighted by atomic mass is 35.5. The molecule has 2 aliphatic rings. The van der Waals surface area contributed by atoms with E-state index in [1.54, 1.807) is 0 Å². The number of halogens is 1. The number of esters is 1. The van der Waals surface area contributed by atoms with Gasteiger partial charge in [0.2, 0.25) is 0 Å². The molecule has 5 rings (SSSR count). The van der Waals surface area contributed by atoms with E-state index < -0.39 is 5.41 Å². The molecule has 1 saturated heterocycles. The van der Waals surface area contributed by atoms with Gasteiger partial charge in [0.15, 0.2) is 0 Å². The third kappa shape index (κ3) is 2.86. The van der Waals surface area contributed by atoms with E-state index in [1.165, 1.54) is 13.4 Å². The van der Waals surface area contributed by atoms with E-state index in [-0.39, 0.29) is 24.0 Å². The lowest BCUT2D eigenvalue weighted by atomic mass is 9.64. The lowest BCUT2D eigenvalue weighted by molar-refractivity contribution is -0.155. The summed E-state index contributed by atoms with van der Waals surface area (Å²) < 4.78 is 5.51. The number of nitrogens with zero attached hydrogens (tertiary/aromatic N) is 4. The smallest absolute Gasteiger partial charge is 0.316 e. The Balaban J connectivity index is 1.84. The number of likely N-dealkylation sites (N-methyl/N-ethyl adjacent to an activating group) is 1. The predicted molar refractivity (Wildman–Crippen MR) is 124 cm³/mol. The molecule has 6 nitrogen and oxygen atoms in total. The largest absolute Gasteiger partial charge is 0.468 e. The fraction of sp³-hybridized carbons (Fsp3) is 0.320. The van der Waals surface area contributed by atoms with Gasteiger partial charge in [0, 0.05) is 25.6 Å². The molecule has 164 valence electrons. The summed E-state index contributed by atoms with van der Waals surface area (Å²) in [5.74, 6) is 0.335. The van der Waals surface area contributed by atoms with Crippen molar-refractivity contribution in [2.24, 2.45) is 5.41 Å². The van der Waals surface area contributed by atoms with E-state index in [2.05, 4.69) is 46.2 Å². The molecule has 0 unspecified atom stereocenters. The van der Waals surface area contributed by atoms with Crippen LogP contribution >= 0.6 is 11.6 Å². The van der Waals surface area contributed by atoms with Gasteiger partial charge in [-0.1, -0.05) is 72.3 Å². The van der Waals surface area contributed by atoms with Crippen molar-refractivity contribution in [1.29, 1.82) is 0 Å². The maximum atomic E-state index is 13.8. The quantitative estimate of drug-likeness (QED) is 0.441. The topological polar surface area (TPSA) is 58.6 Å². The SMILES string of the molecule is COC(=O)[C@@]12CN(C)c3ncnc(Cl)c3[C@@H]1N(C)[C@@H](c1ccccc1)[C@@H]2c1ccccc1. The Hall–Kier alpha value is -2.96. The van der Waals surface area contributed by atoms with E-state index in [4.69, 9.17) is 16.3 Å². The molecule has 0 bridgehead atoms. The number of fused-ring (bicyclic) bond motifs is 3. The maximum absolute atomic E-state index is 13.8. The van der Waals surface area contributed by atoms with E-state index in [0.717, 1.165) is 22.5 Å². The van der Waals surface area contributed by atoms with Gasteiger partial charge in [0.25, 0.3) is 0 Å². The standard InChI is InChI=1S/C25H25ClN4O2/c1-29-14-25(24(31)32-3)19(16-10-6-4-7-11-16)20(17-12-8-5-9-13-17)30(2)21(25)18-22(26)27-15-28-23(18)29/h4-13,15,19-21H,14H2,1-3H3/t19-,20-,21-,25+/m0/s1. The summed E-state index contributed by atoms with van der Waals surface area (Å²) in [6.45, 7) is 0.456. The van der Waals surface area contributed by atoms with Crippen molar-refractivity contribution in [1.82, 2.24) is 14.9 Å². The van der Waals surface area contributed by atoms with E-state index in [1.807, 2.05) is 48.3 Å². The first-order valence-electron chi connectivity index (χ1n) is 10.6. The molecule has 0 radical (unpaired) electrons. The average molecular weight is 449 g/mol. The number of carbonyl (C=O) groups excluding carboxylic acids is 1. The Morgan fingerprint density at radius 3 is 2.28 bits per heavy atom. The third-order valence-electron chi connectivity index (χ3n) is 7.02. The van der Waals surface area contributed by atoms with Crippen molar-refractivity contribution in [2.75, 3.05) is 32.6 Å². The molecule has 0 saturated carbocycles. The molecule has 0 amide bonds. The fourth-order valence-electron chi connectivity index (χ4n) is 5.94. The zero-order chi connectivity index (χ0) is 22.5. The van der Waals surface area contributed by atoms with Crippen LogP contribution in [-0.2, 0) is 9.53 Å². The number of hydrogen-bond donors (Lipinski definition) is 0. The highest BCUT2D eigenvalue weighted by Crippen LogP contribution is 2.66. The maximum Gasteiger partial charge on any atom is 0.316 e. The minimum atomic E-state index is -0.901. The molecule has 3 heterocycles. The lowest BCUT2D eigenvalue weighted by Gasteiger charge is -2.45. The number of methoxy groups -OCH3 is 1. The molecule has 0 spiro atoms. The third-order valence-corrected chi connectivity index (χ3v) is 7.32. The first-order valence-corrected chi connectivity index (χ1v) is 11.0. The summed E-state index contributed by atoms with van der Waals surface area (Å²) in [6, 6.07) is 20.1. The highest BCUT2D eigenvalue weighted by Gasteiger charge is 2.67. The van der Waals surface area contributed by atoms with Gasteiger partial charge in [-0.05, 0) is 18.2 Å². The van der Waals surface area contributed by atoms with Gasteiger partial charge in [-0.25, -0.2) is 9.97 Å². The minimum Gasteiger partial charge on any atom is -0.468 e. The summed E-state index contributed by atoms with van der Waals surface area (Å²) in [6.07, 6.45) is 1.47. The van der Waals surface area contributed by atoms with Crippen LogP contribution in [-0.4, -0.2) is 48.6 Å². The van der Waals surface area contributed by atoms with Crippen molar-refractivity contribution in [3.8, 4) is 0 Å². The molecule has 4 atom stereocenters. The normalized spacial score (nSPS) is 27.0. The first kappa shape index (κ1) is 20.9. The number of rotatable bonds is 3. The Labute approximate surface area is 192 Å². The number of anilines is 1. The summed E-state index contributed by atoms with van der Waals surface area (Å²) in [4.78, 5) is 26.8. The molecule has 1 fully saturated rings. The van der Waals surface area contributed by atoms with Crippen molar-refractivity contribution in [3.63, 3.8) is 0 Å². The number of likely N-dealkylation sites (tertiary alicyclic amines) is 1. The second kappa shape index (κ2) is 7.87. The van der Waals surface area contributed by atoms with E-state index in [0.29, 0.717) is 11.7 Å². The monoisotopic (exact) mass is 448 g/mol. The van der Waals surface area contributed by atoms with Crippen molar-refractivity contribution in [2.45, 2.75) is 18.0 Å². The van der Waals surface area contributed by atoms with Gasteiger partial charge < -0.3 is 9.64 Å². The number of benzene rings is 2. The Kier molecular flexibility index (Phi) is 5.14. The summed E-state index contributed by atoms with van der Waals surface area (Å²) in [7, 11) is 5.47. The van der Waals surface area contributed by atoms with Gasteiger partial charge in [-0.15, -0.1) is 0 Å². The van der Waals surface area contributed by atoms with Crippen LogP contribution in [0.5, 0.6) is 0 Å². The molecule has 7 heteroatoms. The van der Waals surface area contributed by atoms with Crippen molar-refractivity contribution >= 4 is 23.4 Å². The van der Waals surface area contributed by atoms with E-state index >= 15 is 0 Å². The van der Waals surface area contributed by atoms with Gasteiger partial charge in [0.1, 0.15) is 22.7 Å². The number of carbonyl (C=O) groups is 1. The van der Waals surface area contributed by atoms with Crippen LogP contribution in [0.15, 0.2) is 67.0 Å². The highest BCUT2D eigenvalue weighted by molar-refractivity contribution is 6.30. The molecular weight excluding hydrogens is 424 g/mol. The summed E-state index contributed by atoms with van der Waals surface area (Å²) in [5.41, 5.74) is 2.10.